The summed E-state index contributed by atoms with van der Waals surface area (Å²) in [6, 6.07) is 10.7. The van der Waals surface area contributed by atoms with E-state index in [-0.39, 0.29) is 17.2 Å². The summed E-state index contributed by atoms with van der Waals surface area (Å²) in [5.41, 5.74) is 1.08. The van der Waals surface area contributed by atoms with Crippen molar-refractivity contribution in [2.24, 2.45) is 0 Å². The van der Waals surface area contributed by atoms with Gasteiger partial charge in [0.15, 0.2) is 0 Å². The first kappa shape index (κ1) is 16.9. The molecule has 0 aliphatic rings. The SMILES string of the molecule is CC(=O)Nc1cccc(NC(=O)c2cc([N+](=O)[O-])ccc2I)c1. The third kappa shape index (κ3) is 4.49. The first-order valence-electron chi connectivity index (χ1n) is 6.50. The Balaban J connectivity index is 2.24. The molecule has 2 aromatic rings. The second-order valence-corrected chi connectivity index (χ2v) is 5.80. The van der Waals surface area contributed by atoms with Crippen molar-refractivity contribution in [3.05, 3.63) is 61.7 Å². The molecule has 0 saturated carbocycles. The van der Waals surface area contributed by atoms with E-state index in [0.29, 0.717) is 14.9 Å². The fourth-order valence-electron chi connectivity index (χ4n) is 1.88. The molecule has 7 nitrogen and oxygen atoms in total. The second kappa shape index (κ2) is 7.18. The number of nitrogens with zero attached hydrogens (tertiary/aromatic N) is 1. The van der Waals surface area contributed by atoms with Crippen LogP contribution in [-0.2, 0) is 4.79 Å². The van der Waals surface area contributed by atoms with Gasteiger partial charge in [-0.25, -0.2) is 0 Å². The summed E-state index contributed by atoms with van der Waals surface area (Å²) < 4.78 is 0.601. The molecular weight excluding hydrogens is 413 g/mol. The number of rotatable bonds is 4. The average Bonchev–Trinajstić information content (AvgIpc) is 2.46. The van der Waals surface area contributed by atoms with E-state index in [2.05, 4.69) is 10.6 Å². The number of nitro benzene ring substituents is 1. The molecule has 0 aliphatic carbocycles. The zero-order valence-corrected chi connectivity index (χ0v) is 14.2. The molecule has 2 amide bonds. The summed E-state index contributed by atoms with van der Waals surface area (Å²) in [6.07, 6.45) is 0. The van der Waals surface area contributed by atoms with Gasteiger partial charge in [0.1, 0.15) is 0 Å². The minimum Gasteiger partial charge on any atom is -0.326 e. The van der Waals surface area contributed by atoms with Crippen molar-refractivity contribution >= 4 is 51.5 Å². The fourth-order valence-corrected chi connectivity index (χ4v) is 2.46. The Bertz CT molecular complexity index is 792. The van der Waals surface area contributed by atoms with Crippen LogP contribution in [0.25, 0.3) is 0 Å². The number of hydrogen-bond acceptors (Lipinski definition) is 4. The molecular formula is C15H12IN3O4. The molecule has 0 bridgehead atoms. The predicted molar refractivity (Wildman–Crippen MR) is 94.5 cm³/mol. The number of halogens is 1. The highest BCUT2D eigenvalue weighted by Gasteiger charge is 2.15. The Morgan fingerprint density at radius 2 is 1.74 bits per heavy atom. The van der Waals surface area contributed by atoms with Crippen LogP contribution in [0.1, 0.15) is 17.3 Å². The zero-order chi connectivity index (χ0) is 17.0. The van der Waals surface area contributed by atoms with E-state index >= 15 is 0 Å². The summed E-state index contributed by atoms with van der Waals surface area (Å²) in [6.45, 7) is 1.39. The van der Waals surface area contributed by atoms with E-state index in [1.54, 1.807) is 24.3 Å². The maximum absolute atomic E-state index is 12.3. The molecule has 2 rings (SSSR count). The molecule has 0 atom stereocenters. The van der Waals surface area contributed by atoms with Gasteiger partial charge in [-0.2, -0.15) is 0 Å². The number of nitro groups is 1. The minimum atomic E-state index is -0.551. The molecule has 8 heteroatoms. The first-order valence-corrected chi connectivity index (χ1v) is 7.57. The van der Waals surface area contributed by atoms with Crippen LogP contribution in [0.4, 0.5) is 17.1 Å². The Hall–Kier alpha value is -2.49. The standard InChI is InChI=1S/C15H12IN3O4/c1-9(20)17-10-3-2-4-11(7-10)18-15(21)13-8-12(19(22)23)5-6-14(13)16/h2-8H,1H3,(H,17,20)(H,18,21). The van der Waals surface area contributed by atoms with Crippen LogP contribution in [0.2, 0.25) is 0 Å². The minimum absolute atomic E-state index is 0.150. The lowest BCUT2D eigenvalue weighted by atomic mass is 10.2. The molecule has 2 N–H and O–H groups in total. The first-order chi connectivity index (χ1) is 10.9. The molecule has 0 unspecified atom stereocenters. The predicted octanol–water partition coefficient (Wildman–Crippen LogP) is 3.41. The lowest BCUT2D eigenvalue weighted by Crippen LogP contribution is -2.14. The van der Waals surface area contributed by atoms with E-state index < -0.39 is 10.8 Å². The van der Waals surface area contributed by atoms with E-state index in [1.165, 1.54) is 25.1 Å². The summed E-state index contributed by atoms with van der Waals surface area (Å²) in [4.78, 5) is 33.6. The van der Waals surface area contributed by atoms with E-state index in [9.17, 15) is 19.7 Å². The Kier molecular flexibility index (Phi) is 5.27. The molecule has 0 aliphatic heterocycles. The van der Waals surface area contributed by atoms with Gasteiger partial charge in [0, 0.05) is 34.0 Å². The van der Waals surface area contributed by atoms with Crippen LogP contribution in [-0.4, -0.2) is 16.7 Å². The summed E-state index contributed by atoms with van der Waals surface area (Å²) in [5.74, 6) is -0.681. The summed E-state index contributed by atoms with van der Waals surface area (Å²) in [5, 5.41) is 16.1. The van der Waals surface area contributed by atoms with Crippen LogP contribution in [0.3, 0.4) is 0 Å². The number of benzene rings is 2. The van der Waals surface area contributed by atoms with Crippen molar-refractivity contribution in [1.29, 1.82) is 0 Å². The van der Waals surface area contributed by atoms with Crippen molar-refractivity contribution in [1.82, 2.24) is 0 Å². The third-order valence-electron chi connectivity index (χ3n) is 2.85. The number of hydrogen-bond donors (Lipinski definition) is 2. The van der Waals surface area contributed by atoms with Crippen molar-refractivity contribution < 1.29 is 14.5 Å². The van der Waals surface area contributed by atoms with Crippen LogP contribution in [0, 0.1) is 13.7 Å². The monoisotopic (exact) mass is 425 g/mol. The normalized spacial score (nSPS) is 10.0. The molecule has 0 spiro atoms. The van der Waals surface area contributed by atoms with Crippen molar-refractivity contribution in [3.63, 3.8) is 0 Å². The van der Waals surface area contributed by atoms with Crippen LogP contribution in [0.15, 0.2) is 42.5 Å². The van der Waals surface area contributed by atoms with Gasteiger partial charge in [0.05, 0.1) is 10.5 Å². The molecule has 0 heterocycles. The Morgan fingerprint density at radius 1 is 1.09 bits per heavy atom. The van der Waals surface area contributed by atoms with Crippen molar-refractivity contribution in [2.75, 3.05) is 10.6 Å². The summed E-state index contributed by atoms with van der Waals surface area (Å²) >= 11 is 1.94. The Morgan fingerprint density at radius 3 is 2.35 bits per heavy atom. The van der Waals surface area contributed by atoms with Gasteiger partial charge < -0.3 is 10.6 Å². The average molecular weight is 425 g/mol. The van der Waals surface area contributed by atoms with Crippen molar-refractivity contribution in [2.45, 2.75) is 6.92 Å². The quantitative estimate of drug-likeness (QED) is 0.446. The van der Waals surface area contributed by atoms with E-state index in [1.807, 2.05) is 22.6 Å². The number of amides is 2. The largest absolute Gasteiger partial charge is 0.326 e. The number of nitrogens with one attached hydrogen (secondary N) is 2. The van der Waals surface area contributed by atoms with Crippen LogP contribution >= 0.6 is 22.6 Å². The van der Waals surface area contributed by atoms with Gasteiger partial charge in [-0.05, 0) is 46.9 Å². The maximum atomic E-state index is 12.3. The Labute approximate surface area is 145 Å². The smallest absolute Gasteiger partial charge is 0.270 e. The van der Waals surface area contributed by atoms with E-state index in [0.717, 1.165) is 0 Å². The summed E-state index contributed by atoms with van der Waals surface area (Å²) in [7, 11) is 0. The second-order valence-electron chi connectivity index (χ2n) is 4.64. The molecule has 2 aromatic carbocycles. The molecule has 0 aromatic heterocycles. The topological polar surface area (TPSA) is 101 Å². The zero-order valence-electron chi connectivity index (χ0n) is 12.0. The maximum Gasteiger partial charge on any atom is 0.270 e. The number of carbonyl (C=O) groups is 2. The highest BCUT2D eigenvalue weighted by molar-refractivity contribution is 14.1. The van der Waals surface area contributed by atoms with Crippen LogP contribution in [0.5, 0.6) is 0 Å². The van der Waals surface area contributed by atoms with Crippen molar-refractivity contribution in [3.8, 4) is 0 Å². The molecule has 0 fully saturated rings. The fraction of sp³-hybridized carbons (Fsp3) is 0.0667. The molecule has 0 saturated heterocycles. The molecule has 118 valence electrons. The van der Waals surface area contributed by atoms with Crippen LogP contribution < -0.4 is 10.6 Å². The number of non-ortho nitro benzene ring substituents is 1. The molecule has 23 heavy (non-hydrogen) atoms. The lowest BCUT2D eigenvalue weighted by Gasteiger charge is -2.09. The van der Waals surface area contributed by atoms with Gasteiger partial charge in [0.25, 0.3) is 11.6 Å². The van der Waals surface area contributed by atoms with Gasteiger partial charge in [-0.3, -0.25) is 19.7 Å². The van der Waals surface area contributed by atoms with E-state index in [4.69, 9.17) is 0 Å². The number of carbonyl (C=O) groups excluding carboxylic acids is 2. The van der Waals surface area contributed by atoms with Gasteiger partial charge in [0.2, 0.25) is 5.91 Å². The highest BCUT2D eigenvalue weighted by atomic mass is 127. The molecule has 0 radical (unpaired) electrons. The lowest BCUT2D eigenvalue weighted by molar-refractivity contribution is -0.384. The van der Waals surface area contributed by atoms with Gasteiger partial charge in [-0.15, -0.1) is 0 Å². The van der Waals surface area contributed by atoms with Gasteiger partial charge in [-0.1, -0.05) is 6.07 Å². The highest BCUT2D eigenvalue weighted by Crippen LogP contribution is 2.22. The third-order valence-corrected chi connectivity index (χ3v) is 3.79. The van der Waals surface area contributed by atoms with Gasteiger partial charge >= 0.3 is 0 Å². The number of anilines is 2.